The summed E-state index contributed by atoms with van der Waals surface area (Å²) >= 11 is 0. The Morgan fingerprint density at radius 2 is 1.83 bits per heavy atom. The Morgan fingerprint density at radius 1 is 1.12 bits per heavy atom. The van der Waals surface area contributed by atoms with Gasteiger partial charge in [0, 0.05) is 36.7 Å². The van der Waals surface area contributed by atoms with Crippen LogP contribution in [0, 0.1) is 0 Å². The maximum absolute atomic E-state index is 12.4. The minimum Gasteiger partial charge on any atom is -0.396 e. The molecule has 1 heterocycles. The van der Waals surface area contributed by atoms with Crippen molar-refractivity contribution in [2.24, 2.45) is 0 Å². The number of amides is 2. The van der Waals surface area contributed by atoms with Gasteiger partial charge in [0.1, 0.15) is 0 Å². The third kappa shape index (κ3) is 2.58. The molecule has 3 rings (SSSR count). The van der Waals surface area contributed by atoms with Crippen molar-refractivity contribution in [1.29, 1.82) is 0 Å². The van der Waals surface area contributed by atoms with Gasteiger partial charge in [0.25, 0.3) is 11.8 Å². The molecule has 0 atom stereocenters. The lowest BCUT2D eigenvalue weighted by atomic mass is 9.94. The molecule has 0 spiro atoms. The lowest BCUT2D eigenvalue weighted by Crippen LogP contribution is -2.37. The maximum atomic E-state index is 12.4. The van der Waals surface area contributed by atoms with Crippen molar-refractivity contribution in [1.82, 2.24) is 9.62 Å². The standard InChI is InChI=1S/C16H16N2O5S/c1-18-15(20)12-5-2-4-10-8-11(9-13(14(10)12)16(18)21)24(22,23)17-6-3-7-19/h2,4-5,8-9,17,19H,3,6-7H2,1H3. The van der Waals surface area contributed by atoms with Crippen LogP contribution in [0.5, 0.6) is 0 Å². The summed E-state index contributed by atoms with van der Waals surface area (Å²) in [6.07, 6.45) is 0.292. The van der Waals surface area contributed by atoms with Gasteiger partial charge in [-0.25, -0.2) is 13.1 Å². The van der Waals surface area contributed by atoms with Gasteiger partial charge in [-0.15, -0.1) is 0 Å². The molecule has 2 aromatic carbocycles. The molecule has 7 nitrogen and oxygen atoms in total. The molecule has 1 aliphatic rings. The minimum atomic E-state index is -3.82. The van der Waals surface area contributed by atoms with Crippen LogP contribution in [-0.4, -0.2) is 50.4 Å². The van der Waals surface area contributed by atoms with E-state index in [9.17, 15) is 18.0 Å². The molecule has 2 aromatic rings. The second-order valence-corrected chi connectivity index (χ2v) is 7.29. The van der Waals surface area contributed by atoms with E-state index < -0.39 is 21.8 Å². The Kier molecular flexibility index (Phi) is 4.12. The van der Waals surface area contributed by atoms with Crippen molar-refractivity contribution in [3.63, 3.8) is 0 Å². The molecule has 0 saturated heterocycles. The van der Waals surface area contributed by atoms with Gasteiger partial charge in [0.2, 0.25) is 10.0 Å². The second-order valence-electron chi connectivity index (χ2n) is 5.52. The highest BCUT2D eigenvalue weighted by Gasteiger charge is 2.31. The molecule has 24 heavy (non-hydrogen) atoms. The SMILES string of the molecule is CN1C(=O)c2cccc3cc(S(=O)(=O)NCCCO)cc(c23)C1=O. The number of nitrogens with one attached hydrogen (secondary N) is 1. The van der Waals surface area contributed by atoms with E-state index in [-0.39, 0.29) is 23.6 Å². The predicted molar refractivity (Wildman–Crippen MR) is 87.3 cm³/mol. The van der Waals surface area contributed by atoms with Crippen LogP contribution in [0.4, 0.5) is 0 Å². The van der Waals surface area contributed by atoms with E-state index >= 15 is 0 Å². The van der Waals surface area contributed by atoms with E-state index in [0.717, 1.165) is 4.90 Å². The van der Waals surface area contributed by atoms with Gasteiger partial charge in [0.15, 0.2) is 0 Å². The predicted octanol–water partition coefficient (Wildman–Crippen LogP) is 0.726. The summed E-state index contributed by atoms with van der Waals surface area (Å²) < 4.78 is 27.2. The number of nitrogens with zero attached hydrogens (tertiary/aromatic N) is 1. The highest BCUT2D eigenvalue weighted by Crippen LogP contribution is 2.31. The number of imide groups is 1. The topological polar surface area (TPSA) is 104 Å². The van der Waals surface area contributed by atoms with Gasteiger partial charge in [0.05, 0.1) is 4.90 Å². The van der Waals surface area contributed by atoms with Crippen LogP contribution in [-0.2, 0) is 10.0 Å². The molecular weight excluding hydrogens is 332 g/mol. The van der Waals surface area contributed by atoms with Crippen LogP contribution in [0.2, 0.25) is 0 Å². The first kappa shape index (κ1) is 16.6. The number of sulfonamides is 1. The van der Waals surface area contributed by atoms with Crippen molar-refractivity contribution in [2.45, 2.75) is 11.3 Å². The van der Waals surface area contributed by atoms with Crippen molar-refractivity contribution >= 4 is 32.6 Å². The summed E-state index contributed by atoms with van der Waals surface area (Å²) in [6, 6.07) is 7.66. The number of hydrogen-bond acceptors (Lipinski definition) is 5. The molecule has 126 valence electrons. The van der Waals surface area contributed by atoms with Crippen LogP contribution < -0.4 is 4.72 Å². The second kappa shape index (κ2) is 5.97. The lowest BCUT2D eigenvalue weighted by molar-refractivity contribution is 0.0650. The summed E-state index contributed by atoms with van der Waals surface area (Å²) in [5, 5.41) is 9.76. The van der Waals surface area contributed by atoms with Crippen molar-refractivity contribution in [3.8, 4) is 0 Å². The first-order valence-electron chi connectivity index (χ1n) is 7.36. The zero-order valence-corrected chi connectivity index (χ0v) is 13.8. The fourth-order valence-electron chi connectivity index (χ4n) is 2.72. The number of carbonyl (C=O) groups excluding carboxylic acids is 2. The summed E-state index contributed by atoms with van der Waals surface area (Å²) in [6.45, 7) is -0.0289. The van der Waals surface area contributed by atoms with Crippen molar-refractivity contribution < 1.29 is 23.1 Å². The summed E-state index contributed by atoms with van der Waals surface area (Å²) in [5.41, 5.74) is 0.564. The zero-order valence-electron chi connectivity index (χ0n) is 12.9. The van der Waals surface area contributed by atoms with E-state index in [2.05, 4.69) is 4.72 Å². The quantitative estimate of drug-likeness (QED) is 0.612. The van der Waals surface area contributed by atoms with Crippen LogP contribution in [0.25, 0.3) is 10.8 Å². The number of rotatable bonds is 5. The highest BCUT2D eigenvalue weighted by molar-refractivity contribution is 7.89. The Balaban J connectivity index is 2.19. The Labute approximate surface area is 138 Å². The fraction of sp³-hybridized carbons (Fsp3) is 0.250. The molecule has 0 unspecified atom stereocenters. The summed E-state index contributed by atoms with van der Waals surface area (Å²) in [5.74, 6) is -0.939. The maximum Gasteiger partial charge on any atom is 0.261 e. The van der Waals surface area contributed by atoms with Crippen molar-refractivity contribution in [3.05, 3.63) is 41.5 Å². The van der Waals surface area contributed by atoms with E-state index in [0.29, 0.717) is 22.8 Å². The average Bonchev–Trinajstić information content (AvgIpc) is 2.57. The monoisotopic (exact) mass is 348 g/mol. The van der Waals surface area contributed by atoms with E-state index in [1.54, 1.807) is 18.2 Å². The molecule has 2 N–H and O–H groups in total. The van der Waals surface area contributed by atoms with Gasteiger partial charge in [-0.3, -0.25) is 14.5 Å². The van der Waals surface area contributed by atoms with Gasteiger partial charge in [-0.1, -0.05) is 12.1 Å². The highest BCUT2D eigenvalue weighted by atomic mass is 32.2. The number of aliphatic hydroxyl groups excluding tert-OH is 1. The summed E-state index contributed by atoms with van der Waals surface area (Å²) in [7, 11) is -2.45. The number of carbonyl (C=O) groups is 2. The van der Waals surface area contributed by atoms with Gasteiger partial charge in [-0.05, 0) is 30.0 Å². The molecular formula is C16H16N2O5S. The van der Waals surface area contributed by atoms with Crippen LogP contribution in [0.1, 0.15) is 27.1 Å². The van der Waals surface area contributed by atoms with E-state index in [4.69, 9.17) is 5.11 Å². The number of hydrogen-bond donors (Lipinski definition) is 2. The van der Waals surface area contributed by atoms with E-state index in [1.165, 1.54) is 19.2 Å². The molecule has 1 aliphatic heterocycles. The third-order valence-electron chi connectivity index (χ3n) is 3.96. The van der Waals surface area contributed by atoms with Gasteiger partial charge < -0.3 is 5.11 Å². The zero-order chi connectivity index (χ0) is 17.5. The van der Waals surface area contributed by atoms with Gasteiger partial charge in [-0.2, -0.15) is 0 Å². The Morgan fingerprint density at radius 3 is 2.54 bits per heavy atom. The lowest BCUT2D eigenvalue weighted by Gasteiger charge is -2.24. The Hall–Kier alpha value is -2.29. The Bertz CT molecular complexity index is 952. The molecule has 2 amide bonds. The minimum absolute atomic E-state index is 0.0452. The largest absolute Gasteiger partial charge is 0.396 e. The molecule has 0 aromatic heterocycles. The van der Waals surface area contributed by atoms with E-state index in [1.807, 2.05) is 0 Å². The van der Waals surface area contributed by atoms with Crippen molar-refractivity contribution in [2.75, 3.05) is 20.2 Å². The van der Waals surface area contributed by atoms with Crippen LogP contribution >= 0.6 is 0 Å². The summed E-state index contributed by atoms with van der Waals surface area (Å²) in [4.78, 5) is 25.6. The third-order valence-corrected chi connectivity index (χ3v) is 5.40. The smallest absolute Gasteiger partial charge is 0.261 e. The molecule has 0 fully saturated rings. The van der Waals surface area contributed by atoms with Gasteiger partial charge >= 0.3 is 0 Å². The molecule has 0 saturated carbocycles. The molecule has 0 bridgehead atoms. The first-order chi connectivity index (χ1) is 11.4. The number of benzene rings is 2. The molecule has 0 radical (unpaired) electrons. The average molecular weight is 348 g/mol. The van der Waals surface area contributed by atoms with Crippen LogP contribution in [0.3, 0.4) is 0 Å². The molecule has 0 aliphatic carbocycles. The normalized spacial score (nSPS) is 14.5. The molecule has 8 heteroatoms. The fourth-order valence-corrected chi connectivity index (χ4v) is 3.86. The van der Waals surface area contributed by atoms with Crippen LogP contribution in [0.15, 0.2) is 35.2 Å². The number of aliphatic hydroxyl groups is 1. The first-order valence-corrected chi connectivity index (χ1v) is 8.85.